The molecule has 0 saturated carbocycles. The summed E-state index contributed by atoms with van der Waals surface area (Å²) in [6.45, 7) is 5.70. The molecule has 1 atom stereocenters. The summed E-state index contributed by atoms with van der Waals surface area (Å²) in [4.78, 5) is 0. The Balaban J connectivity index is 2.97. The summed E-state index contributed by atoms with van der Waals surface area (Å²) in [5, 5.41) is 0.564. The zero-order chi connectivity index (χ0) is 11.5. The molecule has 82 valence electrons. The van der Waals surface area contributed by atoms with Crippen molar-refractivity contribution in [1.82, 2.24) is 0 Å². The van der Waals surface area contributed by atoms with Gasteiger partial charge in [-0.05, 0) is 30.2 Å². The summed E-state index contributed by atoms with van der Waals surface area (Å²) < 4.78 is 13.0. The number of rotatable bonds is 4. The molecule has 0 amide bonds. The Morgan fingerprint density at radius 2 is 2.20 bits per heavy atom. The highest BCUT2D eigenvalue weighted by Crippen LogP contribution is 2.29. The van der Waals surface area contributed by atoms with E-state index >= 15 is 0 Å². The van der Waals surface area contributed by atoms with Gasteiger partial charge in [0.1, 0.15) is 5.82 Å². The number of hydrogen-bond donors (Lipinski definition) is 0. The van der Waals surface area contributed by atoms with Crippen molar-refractivity contribution in [3.63, 3.8) is 0 Å². The van der Waals surface area contributed by atoms with Gasteiger partial charge < -0.3 is 0 Å². The predicted molar refractivity (Wildman–Crippen MR) is 64.1 cm³/mol. The largest absolute Gasteiger partial charge is 0.207 e. The lowest BCUT2D eigenvalue weighted by Gasteiger charge is -2.23. The number of alkyl halides is 1. The van der Waals surface area contributed by atoms with E-state index in [1.807, 2.05) is 6.92 Å². The van der Waals surface area contributed by atoms with E-state index < -0.39 is 0 Å². The van der Waals surface area contributed by atoms with Crippen molar-refractivity contribution in [2.75, 3.05) is 5.88 Å². The molecule has 1 rings (SSSR count). The van der Waals surface area contributed by atoms with Crippen LogP contribution in [-0.4, -0.2) is 5.88 Å². The van der Waals surface area contributed by atoms with Gasteiger partial charge in [0.2, 0.25) is 0 Å². The molecule has 3 heteroatoms. The van der Waals surface area contributed by atoms with Gasteiger partial charge in [0.25, 0.3) is 0 Å². The standard InChI is InChI=1S/C12H13Cl2F/c1-3-12(2,8-13)7-9-6-10(15)4-5-11(9)14/h3-6H,1,7-8H2,2H3. The predicted octanol–water partition coefficient (Wildman–Crippen LogP) is 4.45. The van der Waals surface area contributed by atoms with Crippen LogP contribution in [0.4, 0.5) is 4.39 Å². The van der Waals surface area contributed by atoms with Gasteiger partial charge in [0.05, 0.1) is 0 Å². The topological polar surface area (TPSA) is 0 Å². The number of hydrogen-bond acceptors (Lipinski definition) is 0. The molecular weight excluding hydrogens is 234 g/mol. The van der Waals surface area contributed by atoms with Crippen LogP contribution in [0.1, 0.15) is 12.5 Å². The van der Waals surface area contributed by atoms with Gasteiger partial charge in [-0.25, -0.2) is 4.39 Å². The zero-order valence-corrected chi connectivity index (χ0v) is 10.1. The number of benzene rings is 1. The molecule has 0 radical (unpaired) electrons. The SMILES string of the molecule is C=CC(C)(CCl)Cc1cc(F)ccc1Cl. The van der Waals surface area contributed by atoms with E-state index in [1.165, 1.54) is 12.1 Å². The smallest absolute Gasteiger partial charge is 0.123 e. The van der Waals surface area contributed by atoms with E-state index in [1.54, 1.807) is 12.1 Å². The van der Waals surface area contributed by atoms with Crippen molar-refractivity contribution in [3.8, 4) is 0 Å². The van der Waals surface area contributed by atoms with E-state index in [0.29, 0.717) is 17.3 Å². The van der Waals surface area contributed by atoms with Crippen LogP contribution in [0, 0.1) is 11.2 Å². The minimum absolute atomic E-state index is 0.251. The first-order valence-corrected chi connectivity index (χ1v) is 5.55. The lowest BCUT2D eigenvalue weighted by molar-refractivity contribution is 0.484. The molecule has 0 aromatic heterocycles. The molecule has 0 fully saturated rings. The lowest BCUT2D eigenvalue weighted by Crippen LogP contribution is -2.18. The Kier molecular flexibility index (Phi) is 4.18. The molecule has 0 heterocycles. The molecule has 0 aliphatic carbocycles. The third kappa shape index (κ3) is 3.22. The molecule has 0 spiro atoms. The second-order valence-electron chi connectivity index (χ2n) is 3.90. The maximum atomic E-state index is 13.0. The molecule has 1 unspecified atom stereocenters. The number of allylic oxidation sites excluding steroid dienone is 1. The summed E-state index contributed by atoms with van der Waals surface area (Å²) in [6, 6.07) is 4.35. The minimum atomic E-state index is -0.282. The van der Waals surface area contributed by atoms with Gasteiger partial charge in [-0.15, -0.1) is 18.2 Å². The maximum absolute atomic E-state index is 13.0. The van der Waals surface area contributed by atoms with E-state index in [9.17, 15) is 4.39 Å². The van der Waals surface area contributed by atoms with Gasteiger partial charge in [0.15, 0.2) is 0 Å². The minimum Gasteiger partial charge on any atom is -0.207 e. The first kappa shape index (κ1) is 12.5. The quantitative estimate of drug-likeness (QED) is 0.544. The van der Waals surface area contributed by atoms with E-state index in [2.05, 4.69) is 6.58 Å². The second-order valence-corrected chi connectivity index (χ2v) is 4.58. The Labute approximate surface area is 99.7 Å². The summed E-state index contributed by atoms with van der Waals surface area (Å²) in [5.74, 6) is 0.152. The monoisotopic (exact) mass is 246 g/mol. The van der Waals surface area contributed by atoms with Crippen LogP contribution in [0.15, 0.2) is 30.9 Å². The molecule has 1 aromatic rings. The molecule has 15 heavy (non-hydrogen) atoms. The third-order valence-electron chi connectivity index (χ3n) is 2.40. The number of halogens is 3. The van der Waals surface area contributed by atoms with Crippen LogP contribution in [0.5, 0.6) is 0 Å². The van der Waals surface area contributed by atoms with Crippen LogP contribution in [-0.2, 0) is 6.42 Å². The average molecular weight is 247 g/mol. The first-order valence-electron chi connectivity index (χ1n) is 4.64. The highest BCUT2D eigenvalue weighted by Gasteiger charge is 2.21. The van der Waals surface area contributed by atoms with Crippen molar-refractivity contribution in [1.29, 1.82) is 0 Å². The highest BCUT2D eigenvalue weighted by molar-refractivity contribution is 6.31. The zero-order valence-electron chi connectivity index (χ0n) is 8.56. The van der Waals surface area contributed by atoms with Crippen molar-refractivity contribution >= 4 is 23.2 Å². The van der Waals surface area contributed by atoms with Crippen LogP contribution < -0.4 is 0 Å². The summed E-state index contributed by atoms with van der Waals surface area (Å²) in [6.07, 6.45) is 2.37. The Hall–Kier alpha value is -0.530. The highest BCUT2D eigenvalue weighted by atomic mass is 35.5. The molecule has 0 N–H and O–H groups in total. The van der Waals surface area contributed by atoms with Crippen molar-refractivity contribution in [2.45, 2.75) is 13.3 Å². The molecule has 0 aliphatic heterocycles. The molecule has 0 bridgehead atoms. The van der Waals surface area contributed by atoms with Gasteiger partial charge in [-0.1, -0.05) is 24.6 Å². The molecule has 0 nitrogen and oxygen atoms in total. The van der Waals surface area contributed by atoms with Gasteiger partial charge in [-0.2, -0.15) is 0 Å². The Morgan fingerprint density at radius 1 is 1.53 bits per heavy atom. The normalized spacial score (nSPS) is 14.7. The fraction of sp³-hybridized carbons (Fsp3) is 0.333. The fourth-order valence-corrected chi connectivity index (χ4v) is 1.68. The third-order valence-corrected chi connectivity index (χ3v) is 3.38. The fourth-order valence-electron chi connectivity index (χ4n) is 1.29. The van der Waals surface area contributed by atoms with Crippen molar-refractivity contribution < 1.29 is 4.39 Å². The van der Waals surface area contributed by atoms with E-state index in [4.69, 9.17) is 23.2 Å². The van der Waals surface area contributed by atoms with Crippen LogP contribution in [0.3, 0.4) is 0 Å². The van der Waals surface area contributed by atoms with Crippen LogP contribution in [0.25, 0.3) is 0 Å². The maximum Gasteiger partial charge on any atom is 0.123 e. The second kappa shape index (κ2) is 5.00. The average Bonchev–Trinajstić information content (AvgIpc) is 2.23. The van der Waals surface area contributed by atoms with E-state index in [-0.39, 0.29) is 11.2 Å². The molecule has 0 saturated heterocycles. The van der Waals surface area contributed by atoms with Crippen molar-refractivity contribution in [2.24, 2.45) is 5.41 Å². The van der Waals surface area contributed by atoms with E-state index in [0.717, 1.165) is 5.56 Å². The van der Waals surface area contributed by atoms with Gasteiger partial charge >= 0.3 is 0 Å². The van der Waals surface area contributed by atoms with Crippen LogP contribution in [0.2, 0.25) is 5.02 Å². The first-order chi connectivity index (χ1) is 7.00. The Morgan fingerprint density at radius 3 is 2.73 bits per heavy atom. The van der Waals surface area contributed by atoms with Crippen molar-refractivity contribution in [3.05, 3.63) is 47.3 Å². The summed E-state index contributed by atoms with van der Waals surface area (Å²) in [5.41, 5.74) is 0.513. The Bertz CT molecular complexity index is 363. The molecular formula is C12H13Cl2F. The summed E-state index contributed by atoms with van der Waals surface area (Å²) >= 11 is 11.8. The lowest BCUT2D eigenvalue weighted by atomic mass is 9.86. The van der Waals surface area contributed by atoms with Gasteiger partial charge in [-0.3, -0.25) is 0 Å². The molecule has 0 aliphatic rings. The van der Waals surface area contributed by atoms with Gasteiger partial charge in [0, 0.05) is 16.3 Å². The van der Waals surface area contributed by atoms with Crippen LogP contribution >= 0.6 is 23.2 Å². The summed E-state index contributed by atoms with van der Waals surface area (Å²) in [7, 11) is 0. The molecule has 1 aromatic carbocycles.